The van der Waals surface area contributed by atoms with Crippen LogP contribution in [0.5, 0.6) is 0 Å². The van der Waals surface area contributed by atoms with Gasteiger partial charge in [0, 0.05) is 6.42 Å². The summed E-state index contributed by atoms with van der Waals surface area (Å²) in [6, 6.07) is 17.5. The largest absolute Gasteiger partial charge is 0.480 e. The predicted molar refractivity (Wildman–Crippen MR) is 100.0 cm³/mol. The normalized spacial score (nSPS) is 12.5. The van der Waals surface area contributed by atoms with Crippen molar-refractivity contribution in [2.75, 3.05) is 7.05 Å². The van der Waals surface area contributed by atoms with Crippen LogP contribution in [0.15, 0.2) is 60.7 Å². The molecule has 0 heterocycles. The zero-order valence-corrected chi connectivity index (χ0v) is 14.8. The van der Waals surface area contributed by atoms with Gasteiger partial charge in [0.15, 0.2) is 0 Å². The molecule has 0 unspecified atom stereocenters. The van der Waals surface area contributed by atoms with Crippen LogP contribution in [0, 0.1) is 0 Å². The predicted octanol–water partition coefficient (Wildman–Crippen LogP) is 2.05. The lowest BCUT2D eigenvalue weighted by atomic mass is 10.0. The van der Waals surface area contributed by atoms with E-state index >= 15 is 0 Å². The molecule has 0 radical (unpaired) electrons. The third kappa shape index (κ3) is 6.57. The Balaban J connectivity index is 0.00000312. The Bertz CT molecular complexity index is 665. The molecule has 2 rings (SSSR count). The molecule has 0 fully saturated rings. The molecule has 0 saturated carbocycles. The quantitative estimate of drug-likeness (QED) is 0.671. The minimum atomic E-state index is -1.04. The maximum Gasteiger partial charge on any atom is 0.326 e. The van der Waals surface area contributed by atoms with E-state index in [9.17, 15) is 14.7 Å². The van der Waals surface area contributed by atoms with Crippen molar-refractivity contribution in [2.45, 2.75) is 24.9 Å². The number of carboxylic acid groups (broad SMARTS) is 1. The van der Waals surface area contributed by atoms with Crippen LogP contribution in [0.25, 0.3) is 0 Å². The number of carbonyl (C=O) groups is 2. The summed E-state index contributed by atoms with van der Waals surface area (Å²) in [6.07, 6.45) is 0.754. The Kier molecular flexibility index (Phi) is 8.67. The van der Waals surface area contributed by atoms with Crippen LogP contribution in [-0.2, 0) is 22.4 Å². The Morgan fingerprint density at radius 3 is 1.72 bits per heavy atom. The minimum Gasteiger partial charge on any atom is -0.480 e. The fourth-order valence-corrected chi connectivity index (χ4v) is 2.50. The van der Waals surface area contributed by atoms with Crippen molar-refractivity contribution >= 4 is 24.3 Å². The number of benzene rings is 2. The van der Waals surface area contributed by atoms with Crippen LogP contribution in [0.1, 0.15) is 11.1 Å². The lowest BCUT2D eigenvalue weighted by molar-refractivity contribution is -0.142. The third-order valence-corrected chi connectivity index (χ3v) is 3.84. The number of nitrogens with one attached hydrogen (secondary N) is 2. The smallest absolute Gasteiger partial charge is 0.326 e. The van der Waals surface area contributed by atoms with Crippen LogP contribution >= 0.6 is 12.4 Å². The van der Waals surface area contributed by atoms with E-state index in [1.165, 1.54) is 0 Å². The highest BCUT2D eigenvalue weighted by molar-refractivity contribution is 5.87. The summed E-state index contributed by atoms with van der Waals surface area (Å²) in [5.41, 5.74) is 1.89. The summed E-state index contributed by atoms with van der Waals surface area (Å²) < 4.78 is 0. The second-order valence-corrected chi connectivity index (χ2v) is 5.62. The van der Waals surface area contributed by atoms with Crippen molar-refractivity contribution in [3.8, 4) is 0 Å². The average molecular weight is 363 g/mol. The number of likely N-dealkylation sites (N-methyl/N-ethyl adjacent to an activating group) is 1. The van der Waals surface area contributed by atoms with E-state index in [0.717, 1.165) is 11.1 Å². The maximum atomic E-state index is 12.4. The van der Waals surface area contributed by atoms with Crippen LogP contribution in [0.3, 0.4) is 0 Å². The third-order valence-electron chi connectivity index (χ3n) is 3.84. The average Bonchev–Trinajstić information content (AvgIpc) is 2.60. The van der Waals surface area contributed by atoms with Gasteiger partial charge in [-0.2, -0.15) is 0 Å². The van der Waals surface area contributed by atoms with Gasteiger partial charge in [-0.25, -0.2) is 4.79 Å². The number of hydrogen-bond donors (Lipinski definition) is 3. The first kappa shape index (κ1) is 20.7. The molecule has 0 aliphatic rings. The molecule has 2 atom stereocenters. The Labute approximate surface area is 153 Å². The molecule has 6 heteroatoms. The lowest BCUT2D eigenvalue weighted by Crippen LogP contribution is -2.51. The second-order valence-electron chi connectivity index (χ2n) is 5.62. The van der Waals surface area contributed by atoms with Crippen molar-refractivity contribution in [3.63, 3.8) is 0 Å². The summed E-state index contributed by atoms with van der Waals surface area (Å²) >= 11 is 0. The molecule has 25 heavy (non-hydrogen) atoms. The lowest BCUT2D eigenvalue weighted by Gasteiger charge is -2.20. The van der Waals surface area contributed by atoms with Crippen molar-refractivity contribution in [3.05, 3.63) is 71.8 Å². The molecule has 0 aliphatic carbocycles. The Morgan fingerprint density at radius 2 is 1.32 bits per heavy atom. The summed E-state index contributed by atoms with van der Waals surface area (Å²) in [4.78, 5) is 23.9. The highest BCUT2D eigenvalue weighted by Gasteiger charge is 2.24. The van der Waals surface area contributed by atoms with Crippen LogP contribution in [-0.4, -0.2) is 36.1 Å². The van der Waals surface area contributed by atoms with Crippen molar-refractivity contribution in [2.24, 2.45) is 0 Å². The number of halogens is 1. The Hall–Kier alpha value is -2.37. The molecule has 0 bridgehead atoms. The first-order valence-corrected chi connectivity index (χ1v) is 7.88. The van der Waals surface area contributed by atoms with Crippen LogP contribution < -0.4 is 10.6 Å². The van der Waals surface area contributed by atoms with Gasteiger partial charge >= 0.3 is 5.97 Å². The molecule has 0 aliphatic heterocycles. The molecule has 2 aromatic carbocycles. The zero-order valence-electron chi connectivity index (χ0n) is 14.0. The van der Waals surface area contributed by atoms with Crippen molar-refractivity contribution < 1.29 is 14.7 Å². The van der Waals surface area contributed by atoms with Crippen molar-refractivity contribution in [1.82, 2.24) is 10.6 Å². The molecule has 0 aromatic heterocycles. The number of rotatable bonds is 8. The van der Waals surface area contributed by atoms with E-state index in [-0.39, 0.29) is 24.7 Å². The fraction of sp³-hybridized carbons (Fsp3) is 0.263. The van der Waals surface area contributed by atoms with E-state index in [1.54, 1.807) is 7.05 Å². The summed E-state index contributed by atoms with van der Waals surface area (Å²) in [6.45, 7) is 0. The number of hydrogen-bond acceptors (Lipinski definition) is 3. The number of aliphatic carboxylic acids is 1. The highest BCUT2D eigenvalue weighted by atomic mass is 35.5. The van der Waals surface area contributed by atoms with Crippen LogP contribution in [0.2, 0.25) is 0 Å². The molecule has 2 aromatic rings. The molecule has 5 nitrogen and oxygen atoms in total. The van der Waals surface area contributed by atoms with Gasteiger partial charge in [-0.3, -0.25) is 4.79 Å². The summed E-state index contributed by atoms with van der Waals surface area (Å²) in [7, 11) is 1.69. The SMILES string of the molecule is CN[C@@H](Cc1ccccc1)C(=O)N[C@@H](Cc1ccccc1)C(=O)O.Cl. The first-order chi connectivity index (χ1) is 11.6. The van der Waals surface area contributed by atoms with Gasteiger partial charge in [-0.15, -0.1) is 12.4 Å². The second kappa shape index (κ2) is 10.5. The summed E-state index contributed by atoms with van der Waals surface area (Å²) in [5, 5.41) is 15.0. The van der Waals surface area contributed by atoms with Gasteiger partial charge < -0.3 is 15.7 Å². The van der Waals surface area contributed by atoms with E-state index in [4.69, 9.17) is 0 Å². The van der Waals surface area contributed by atoms with Gasteiger partial charge in [-0.1, -0.05) is 60.7 Å². The van der Waals surface area contributed by atoms with Gasteiger partial charge in [0.25, 0.3) is 0 Å². The molecule has 0 saturated heterocycles. The topological polar surface area (TPSA) is 78.4 Å². The van der Waals surface area contributed by atoms with E-state index < -0.39 is 18.1 Å². The minimum absolute atomic E-state index is 0. The van der Waals surface area contributed by atoms with Crippen molar-refractivity contribution in [1.29, 1.82) is 0 Å². The molecule has 134 valence electrons. The Morgan fingerprint density at radius 1 is 0.880 bits per heavy atom. The van der Waals surface area contributed by atoms with E-state index in [1.807, 2.05) is 60.7 Å². The number of carboxylic acids is 1. The summed E-state index contributed by atoms with van der Waals surface area (Å²) in [5.74, 6) is -1.36. The van der Waals surface area contributed by atoms with Gasteiger partial charge in [0.1, 0.15) is 6.04 Å². The van der Waals surface area contributed by atoms with Gasteiger partial charge in [-0.05, 0) is 24.6 Å². The fourth-order valence-electron chi connectivity index (χ4n) is 2.50. The molecular formula is C19H23ClN2O3. The molecule has 1 amide bonds. The van der Waals surface area contributed by atoms with E-state index in [0.29, 0.717) is 6.42 Å². The standard InChI is InChI=1S/C19H22N2O3.ClH/c1-20-16(12-14-8-4-2-5-9-14)18(22)21-17(19(23)24)13-15-10-6-3-7-11-15;/h2-11,16-17,20H,12-13H2,1H3,(H,21,22)(H,23,24);1H/t16-,17-;/m0./s1. The first-order valence-electron chi connectivity index (χ1n) is 7.88. The molecular weight excluding hydrogens is 340 g/mol. The van der Waals surface area contributed by atoms with Gasteiger partial charge in [0.2, 0.25) is 5.91 Å². The number of amides is 1. The van der Waals surface area contributed by atoms with Crippen LogP contribution in [0.4, 0.5) is 0 Å². The zero-order chi connectivity index (χ0) is 17.4. The highest BCUT2D eigenvalue weighted by Crippen LogP contribution is 2.06. The maximum absolute atomic E-state index is 12.4. The monoisotopic (exact) mass is 362 g/mol. The molecule has 0 spiro atoms. The molecule has 3 N–H and O–H groups in total. The van der Waals surface area contributed by atoms with E-state index in [2.05, 4.69) is 10.6 Å². The number of carbonyl (C=O) groups excluding carboxylic acids is 1. The van der Waals surface area contributed by atoms with Gasteiger partial charge in [0.05, 0.1) is 6.04 Å².